The molecule has 1 aliphatic rings. The zero-order valence-electron chi connectivity index (χ0n) is 18.4. The Labute approximate surface area is 187 Å². The Morgan fingerprint density at radius 3 is 2.38 bits per heavy atom. The summed E-state index contributed by atoms with van der Waals surface area (Å²) in [6.45, 7) is 4.81. The molecule has 0 fully saturated rings. The Morgan fingerprint density at radius 2 is 1.84 bits per heavy atom. The molecule has 0 radical (unpaired) electrons. The van der Waals surface area contributed by atoms with E-state index in [1.54, 1.807) is 42.5 Å². The molecule has 2 unspecified atom stereocenters. The summed E-state index contributed by atoms with van der Waals surface area (Å²) in [4.78, 5) is 31.1. The molecule has 3 rings (SSSR count). The Bertz CT molecular complexity index is 993. The maximum Gasteiger partial charge on any atom is 0.474 e. The standard InChI is InChI=1S/C15H21O7P.C7H7NO/c1-10(16)11-5-6-13-12(7-11)8-14(15(2,3)22-13)20-9-21-23(17,18)19-4;8-7(9)6-4-2-1-3-5-6/h5-7,14H,8-9H2,1-4H3,(H,17,18);1-5H,(H2,8,9). The molecule has 10 heteroatoms. The first-order chi connectivity index (χ1) is 14.9. The van der Waals surface area contributed by atoms with E-state index in [0.717, 1.165) is 12.7 Å². The first-order valence-electron chi connectivity index (χ1n) is 9.77. The number of fused-ring (bicyclic) bond motifs is 1. The largest absolute Gasteiger partial charge is 0.485 e. The highest BCUT2D eigenvalue weighted by molar-refractivity contribution is 7.47. The van der Waals surface area contributed by atoms with Crippen LogP contribution in [0.15, 0.2) is 48.5 Å². The second-order valence-electron chi connectivity index (χ2n) is 7.57. The lowest BCUT2D eigenvalue weighted by Gasteiger charge is -2.39. The van der Waals surface area contributed by atoms with Crippen molar-refractivity contribution in [1.29, 1.82) is 0 Å². The van der Waals surface area contributed by atoms with Crippen molar-refractivity contribution in [2.45, 2.75) is 38.9 Å². The van der Waals surface area contributed by atoms with Crippen LogP contribution in [0.1, 0.15) is 47.1 Å². The number of benzene rings is 2. The lowest BCUT2D eigenvalue weighted by Crippen LogP contribution is -2.48. The second-order valence-corrected chi connectivity index (χ2v) is 9.13. The summed E-state index contributed by atoms with van der Waals surface area (Å²) in [5.41, 5.74) is 6.32. The molecule has 1 heterocycles. The van der Waals surface area contributed by atoms with Crippen LogP contribution in [0.3, 0.4) is 0 Å². The zero-order chi connectivity index (χ0) is 23.9. The van der Waals surface area contributed by atoms with Gasteiger partial charge < -0.3 is 20.1 Å². The van der Waals surface area contributed by atoms with E-state index < -0.39 is 26.3 Å². The van der Waals surface area contributed by atoms with Crippen molar-refractivity contribution in [2.75, 3.05) is 13.9 Å². The quantitative estimate of drug-likeness (QED) is 0.360. The van der Waals surface area contributed by atoms with Crippen LogP contribution in [0.5, 0.6) is 5.75 Å². The average Bonchev–Trinajstić information content (AvgIpc) is 2.74. The highest BCUT2D eigenvalue weighted by atomic mass is 31.2. The normalized spacial score (nSPS) is 18.2. The van der Waals surface area contributed by atoms with E-state index in [1.807, 2.05) is 19.9 Å². The molecule has 1 amide bonds. The van der Waals surface area contributed by atoms with Gasteiger partial charge in [-0.3, -0.25) is 18.6 Å². The van der Waals surface area contributed by atoms with Gasteiger partial charge in [0.05, 0.1) is 0 Å². The van der Waals surface area contributed by atoms with Crippen molar-refractivity contribution in [3.05, 3.63) is 65.2 Å². The van der Waals surface area contributed by atoms with Crippen LogP contribution in [-0.2, 0) is 24.8 Å². The molecule has 0 aromatic heterocycles. The molecule has 3 N–H and O–H groups in total. The molecule has 2 atom stereocenters. The molecule has 2 aromatic rings. The molecular formula is C22H28NO8P. The Kier molecular flexibility index (Phi) is 8.72. The van der Waals surface area contributed by atoms with Crippen LogP contribution in [0.25, 0.3) is 0 Å². The molecular weight excluding hydrogens is 437 g/mol. The molecule has 9 nitrogen and oxygen atoms in total. The maximum absolute atomic E-state index is 11.5. The van der Waals surface area contributed by atoms with Gasteiger partial charge in [-0.05, 0) is 56.7 Å². The van der Waals surface area contributed by atoms with Crippen molar-refractivity contribution in [3.63, 3.8) is 0 Å². The van der Waals surface area contributed by atoms with Crippen molar-refractivity contribution in [1.82, 2.24) is 0 Å². The van der Waals surface area contributed by atoms with Gasteiger partial charge in [-0.25, -0.2) is 4.57 Å². The van der Waals surface area contributed by atoms with E-state index >= 15 is 0 Å². The minimum Gasteiger partial charge on any atom is -0.485 e. The molecule has 0 spiro atoms. The first kappa shape index (κ1) is 25.7. The number of rotatable bonds is 7. The van der Waals surface area contributed by atoms with Gasteiger partial charge in [0.25, 0.3) is 0 Å². The number of nitrogens with two attached hydrogens (primary N) is 1. The monoisotopic (exact) mass is 465 g/mol. The summed E-state index contributed by atoms with van der Waals surface area (Å²) >= 11 is 0. The zero-order valence-corrected chi connectivity index (χ0v) is 19.3. The Morgan fingerprint density at radius 1 is 1.19 bits per heavy atom. The number of ketones is 1. The van der Waals surface area contributed by atoms with E-state index in [9.17, 15) is 19.0 Å². The SMILES string of the molecule is COP(=O)(O)OCOC1Cc2cc(C(C)=O)ccc2OC1(C)C.NC(=O)c1ccccc1. The molecule has 0 bridgehead atoms. The Balaban J connectivity index is 0.000000336. The molecule has 0 aliphatic carbocycles. The lowest BCUT2D eigenvalue weighted by atomic mass is 9.90. The number of hydrogen-bond acceptors (Lipinski definition) is 7. The molecule has 2 aromatic carbocycles. The van der Waals surface area contributed by atoms with E-state index in [0.29, 0.717) is 23.3 Å². The molecule has 0 saturated carbocycles. The van der Waals surface area contributed by atoms with Gasteiger partial charge in [0.1, 0.15) is 17.5 Å². The van der Waals surface area contributed by atoms with Crippen molar-refractivity contribution in [2.24, 2.45) is 5.73 Å². The minimum atomic E-state index is -4.08. The fourth-order valence-electron chi connectivity index (χ4n) is 2.95. The van der Waals surface area contributed by atoms with E-state index in [-0.39, 0.29) is 11.7 Å². The fourth-order valence-corrected chi connectivity index (χ4v) is 3.25. The van der Waals surface area contributed by atoms with Crippen LogP contribution in [0.4, 0.5) is 0 Å². The van der Waals surface area contributed by atoms with Gasteiger partial charge in [-0.15, -0.1) is 0 Å². The van der Waals surface area contributed by atoms with E-state index in [2.05, 4.69) is 9.05 Å². The molecule has 32 heavy (non-hydrogen) atoms. The number of phosphoric ester groups is 1. The predicted molar refractivity (Wildman–Crippen MR) is 117 cm³/mol. The van der Waals surface area contributed by atoms with Gasteiger partial charge >= 0.3 is 7.82 Å². The van der Waals surface area contributed by atoms with Gasteiger partial charge in [0.15, 0.2) is 12.6 Å². The number of carbonyl (C=O) groups excluding carboxylic acids is 2. The van der Waals surface area contributed by atoms with Crippen molar-refractivity contribution in [3.8, 4) is 5.75 Å². The van der Waals surface area contributed by atoms with Crippen molar-refractivity contribution < 1.29 is 37.6 Å². The Hall–Kier alpha value is -2.55. The van der Waals surface area contributed by atoms with E-state index in [1.165, 1.54) is 6.92 Å². The number of primary amides is 1. The highest BCUT2D eigenvalue weighted by Gasteiger charge is 2.38. The van der Waals surface area contributed by atoms with Crippen LogP contribution < -0.4 is 10.5 Å². The number of phosphoric acid groups is 1. The van der Waals surface area contributed by atoms with Crippen LogP contribution in [-0.4, -0.2) is 42.2 Å². The van der Waals surface area contributed by atoms with Crippen LogP contribution >= 0.6 is 7.82 Å². The minimum absolute atomic E-state index is 0.0280. The molecule has 0 saturated heterocycles. The summed E-state index contributed by atoms with van der Waals surface area (Å²) in [7, 11) is -3.00. The smallest absolute Gasteiger partial charge is 0.474 e. The van der Waals surface area contributed by atoms with Gasteiger partial charge in [0.2, 0.25) is 5.91 Å². The first-order valence-corrected chi connectivity index (χ1v) is 11.3. The highest BCUT2D eigenvalue weighted by Crippen LogP contribution is 2.42. The molecule has 1 aliphatic heterocycles. The summed E-state index contributed by atoms with van der Waals surface area (Å²) in [5.74, 6) is 0.292. The third kappa shape index (κ3) is 7.25. The van der Waals surface area contributed by atoms with Crippen LogP contribution in [0, 0.1) is 0 Å². The third-order valence-electron chi connectivity index (χ3n) is 4.79. The number of hydrogen-bond donors (Lipinski definition) is 2. The van der Waals surface area contributed by atoms with Gasteiger partial charge in [-0.1, -0.05) is 18.2 Å². The third-order valence-corrected chi connectivity index (χ3v) is 5.69. The summed E-state index contributed by atoms with van der Waals surface area (Å²) in [5, 5.41) is 0. The maximum atomic E-state index is 11.5. The fraction of sp³-hybridized carbons (Fsp3) is 0.364. The molecule has 174 valence electrons. The number of ether oxygens (including phenoxy) is 2. The second kappa shape index (κ2) is 10.8. The van der Waals surface area contributed by atoms with Gasteiger partial charge in [0, 0.05) is 24.7 Å². The van der Waals surface area contributed by atoms with Crippen LogP contribution in [0.2, 0.25) is 0 Å². The van der Waals surface area contributed by atoms with Gasteiger partial charge in [-0.2, -0.15) is 0 Å². The lowest BCUT2D eigenvalue weighted by molar-refractivity contribution is -0.126. The summed E-state index contributed by atoms with van der Waals surface area (Å²) in [6, 6.07) is 14.0. The number of amides is 1. The summed E-state index contributed by atoms with van der Waals surface area (Å²) in [6.07, 6.45) is 0.0873. The van der Waals surface area contributed by atoms with Crippen molar-refractivity contribution >= 4 is 19.5 Å². The summed E-state index contributed by atoms with van der Waals surface area (Å²) < 4.78 is 31.7. The van der Waals surface area contributed by atoms with E-state index in [4.69, 9.17) is 15.2 Å². The number of Topliss-reactive ketones (excluding diaryl/α,β-unsaturated/α-hetero) is 1. The number of carbonyl (C=O) groups is 2. The predicted octanol–water partition coefficient (Wildman–Crippen LogP) is 3.49. The topological polar surface area (TPSA) is 134 Å². The average molecular weight is 465 g/mol.